The fourth-order valence-corrected chi connectivity index (χ4v) is 3.03. The summed E-state index contributed by atoms with van der Waals surface area (Å²) in [5.74, 6) is 0. The minimum absolute atomic E-state index is 0.283. The molecule has 1 aliphatic heterocycles. The van der Waals surface area contributed by atoms with Crippen LogP contribution in [0.4, 0.5) is 0 Å². The summed E-state index contributed by atoms with van der Waals surface area (Å²) in [5.41, 5.74) is 0. The van der Waals surface area contributed by atoms with Crippen LogP contribution in [-0.4, -0.2) is 27.9 Å². The Morgan fingerprint density at radius 1 is 1.36 bits per heavy atom. The average Bonchev–Trinajstić information content (AvgIpc) is 2.30. The monoisotopic (exact) mass is 210 g/mol. The number of hydrogen-bond acceptors (Lipinski definition) is 3. The Morgan fingerprint density at radius 3 is 2.79 bits per heavy atom. The highest BCUT2D eigenvalue weighted by molar-refractivity contribution is 7.92. The second kappa shape index (κ2) is 4.77. The SMILES string of the molecule is [O-][S+](c1ccccn1)C1CCNCC1. The van der Waals surface area contributed by atoms with Gasteiger partial charge >= 0.3 is 0 Å². The first-order chi connectivity index (χ1) is 6.88. The lowest BCUT2D eigenvalue weighted by molar-refractivity contribution is 0.494. The van der Waals surface area contributed by atoms with Crippen LogP contribution in [0.15, 0.2) is 29.4 Å². The number of aromatic nitrogens is 1. The molecule has 0 aromatic carbocycles. The highest BCUT2D eigenvalue weighted by Crippen LogP contribution is 2.19. The Labute approximate surface area is 87.1 Å². The van der Waals surface area contributed by atoms with Crippen molar-refractivity contribution in [3.05, 3.63) is 24.4 Å². The van der Waals surface area contributed by atoms with Gasteiger partial charge in [-0.1, -0.05) is 6.07 Å². The summed E-state index contributed by atoms with van der Waals surface area (Å²) in [4.78, 5) is 4.13. The zero-order valence-electron chi connectivity index (χ0n) is 7.98. The maximum absolute atomic E-state index is 12.0. The van der Waals surface area contributed by atoms with Crippen molar-refractivity contribution >= 4 is 11.2 Å². The summed E-state index contributed by atoms with van der Waals surface area (Å²) < 4.78 is 12.0. The molecule has 1 saturated heterocycles. The first-order valence-corrected chi connectivity index (χ1v) is 6.11. The predicted molar refractivity (Wildman–Crippen MR) is 56.5 cm³/mol. The van der Waals surface area contributed by atoms with Crippen molar-refractivity contribution in [2.45, 2.75) is 23.1 Å². The molecular formula is C10H14N2OS. The van der Waals surface area contributed by atoms with Crippen molar-refractivity contribution in [3.63, 3.8) is 0 Å². The van der Waals surface area contributed by atoms with Gasteiger partial charge in [0.25, 0.3) is 0 Å². The van der Waals surface area contributed by atoms with E-state index >= 15 is 0 Å². The summed E-state index contributed by atoms with van der Waals surface area (Å²) in [7, 11) is 0. The van der Waals surface area contributed by atoms with Gasteiger partial charge in [-0.3, -0.25) is 0 Å². The van der Waals surface area contributed by atoms with Gasteiger partial charge in [-0.25, -0.2) is 4.98 Å². The molecule has 0 saturated carbocycles. The molecule has 0 bridgehead atoms. The maximum atomic E-state index is 12.0. The topological polar surface area (TPSA) is 48.0 Å². The second-order valence-corrected chi connectivity index (χ2v) is 5.09. The Kier molecular flexibility index (Phi) is 3.39. The van der Waals surface area contributed by atoms with Crippen LogP contribution in [0.3, 0.4) is 0 Å². The van der Waals surface area contributed by atoms with Gasteiger partial charge in [0, 0.05) is 36.3 Å². The fourth-order valence-electron chi connectivity index (χ4n) is 1.65. The summed E-state index contributed by atoms with van der Waals surface area (Å²) in [6, 6.07) is 5.59. The van der Waals surface area contributed by atoms with Crippen LogP contribution in [0.1, 0.15) is 12.8 Å². The quantitative estimate of drug-likeness (QED) is 0.739. The van der Waals surface area contributed by atoms with Gasteiger partial charge in [0.1, 0.15) is 5.25 Å². The van der Waals surface area contributed by atoms with Crippen molar-refractivity contribution in [1.29, 1.82) is 0 Å². The van der Waals surface area contributed by atoms with Crippen LogP contribution in [0.25, 0.3) is 0 Å². The molecule has 0 radical (unpaired) electrons. The summed E-state index contributed by atoms with van der Waals surface area (Å²) in [6.07, 6.45) is 3.68. The minimum Gasteiger partial charge on any atom is -0.610 e. The molecule has 2 rings (SSSR count). The largest absolute Gasteiger partial charge is 0.610 e. The van der Waals surface area contributed by atoms with Gasteiger partial charge < -0.3 is 9.87 Å². The molecule has 1 fully saturated rings. The van der Waals surface area contributed by atoms with Crippen LogP contribution in [-0.2, 0) is 11.2 Å². The molecule has 1 unspecified atom stereocenters. The number of rotatable bonds is 2. The van der Waals surface area contributed by atoms with Gasteiger partial charge in [-0.2, -0.15) is 0 Å². The molecule has 14 heavy (non-hydrogen) atoms. The first kappa shape index (κ1) is 9.96. The van der Waals surface area contributed by atoms with Gasteiger partial charge in [0.2, 0.25) is 5.03 Å². The molecular weight excluding hydrogens is 196 g/mol. The van der Waals surface area contributed by atoms with Crippen molar-refractivity contribution in [2.24, 2.45) is 0 Å². The van der Waals surface area contributed by atoms with Crippen molar-refractivity contribution in [1.82, 2.24) is 10.3 Å². The lowest BCUT2D eigenvalue weighted by atomic mass is 10.2. The van der Waals surface area contributed by atoms with Crippen molar-refractivity contribution < 1.29 is 4.55 Å². The number of nitrogens with zero attached hydrogens (tertiary/aromatic N) is 1. The Bertz CT molecular complexity index is 275. The van der Waals surface area contributed by atoms with Gasteiger partial charge in [-0.15, -0.1) is 0 Å². The third kappa shape index (κ3) is 2.26. The molecule has 1 aromatic heterocycles. The molecule has 1 aliphatic rings. The average molecular weight is 210 g/mol. The molecule has 76 valence electrons. The van der Waals surface area contributed by atoms with Crippen LogP contribution in [0.2, 0.25) is 0 Å². The van der Waals surface area contributed by atoms with E-state index in [1.54, 1.807) is 6.20 Å². The van der Waals surface area contributed by atoms with E-state index in [9.17, 15) is 4.55 Å². The van der Waals surface area contributed by atoms with Crippen LogP contribution < -0.4 is 5.32 Å². The standard InChI is InChI=1S/C10H14N2OS/c13-14(9-4-7-11-8-5-9)10-3-1-2-6-12-10/h1-3,6,9,11H,4-5,7-8H2. The van der Waals surface area contributed by atoms with Gasteiger partial charge in [0.05, 0.1) is 0 Å². The Morgan fingerprint density at radius 2 is 2.14 bits per heavy atom. The fraction of sp³-hybridized carbons (Fsp3) is 0.500. The minimum atomic E-state index is -0.921. The van der Waals surface area contributed by atoms with E-state index in [4.69, 9.17) is 0 Å². The highest BCUT2D eigenvalue weighted by atomic mass is 32.2. The van der Waals surface area contributed by atoms with Crippen LogP contribution in [0, 0.1) is 0 Å². The second-order valence-electron chi connectivity index (χ2n) is 3.41. The number of nitrogens with one attached hydrogen (secondary N) is 1. The van der Waals surface area contributed by atoms with Gasteiger partial charge in [-0.05, 0) is 19.2 Å². The smallest absolute Gasteiger partial charge is 0.244 e. The number of hydrogen-bond donors (Lipinski definition) is 1. The van der Waals surface area contributed by atoms with E-state index in [0.29, 0.717) is 0 Å². The Balaban J connectivity index is 2.03. The molecule has 1 aromatic rings. The molecule has 1 atom stereocenters. The van der Waals surface area contributed by atoms with E-state index in [2.05, 4.69) is 10.3 Å². The van der Waals surface area contributed by atoms with Crippen molar-refractivity contribution in [3.8, 4) is 0 Å². The molecule has 3 nitrogen and oxygen atoms in total. The molecule has 0 aliphatic carbocycles. The molecule has 2 heterocycles. The van der Waals surface area contributed by atoms with E-state index in [1.807, 2.05) is 18.2 Å². The molecule has 0 spiro atoms. The number of pyridine rings is 1. The normalized spacial score (nSPS) is 20.6. The predicted octanol–water partition coefficient (Wildman–Crippen LogP) is 0.941. The van der Waals surface area contributed by atoms with E-state index in [0.717, 1.165) is 31.0 Å². The lowest BCUT2D eigenvalue weighted by Gasteiger charge is -2.24. The first-order valence-electron chi connectivity index (χ1n) is 4.90. The summed E-state index contributed by atoms with van der Waals surface area (Å²) in [5, 5.41) is 4.27. The zero-order chi connectivity index (χ0) is 9.80. The van der Waals surface area contributed by atoms with E-state index < -0.39 is 11.2 Å². The lowest BCUT2D eigenvalue weighted by Crippen LogP contribution is -2.36. The zero-order valence-corrected chi connectivity index (χ0v) is 8.80. The van der Waals surface area contributed by atoms with Crippen molar-refractivity contribution in [2.75, 3.05) is 13.1 Å². The summed E-state index contributed by atoms with van der Waals surface area (Å²) in [6.45, 7) is 1.95. The maximum Gasteiger partial charge on any atom is 0.244 e. The molecule has 4 heteroatoms. The van der Waals surface area contributed by atoms with Crippen LogP contribution in [0.5, 0.6) is 0 Å². The number of piperidine rings is 1. The van der Waals surface area contributed by atoms with Crippen LogP contribution >= 0.6 is 0 Å². The molecule has 0 amide bonds. The third-order valence-corrected chi connectivity index (χ3v) is 4.16. The third-order valence-electron chi connectivity index (χ3n) is 2.43. The van der Waals surface area contributed by atoms with Gasteiger partial charge in [0.15, 0.2) is 0 Å². The van der Waals surface area contributed by atoms with E-state index in [1.165, 1.54) is 0 Å². The van der Waals surface area contributed by atoms with E-state index in [-0.39, 0.29) is 5.25 Å². The Hall–Kier alpha value is -0.580. The molecule has 1 N–H and O–H groups in total. The highest BCUT2D eigenvalue weighted by Gasteiger charge is 2.27. The summed E-state index contributed by atoms with van der Waals surface area (Å²) >= 11 is -0.921.